The first-order chi connectivity index (χ1) is 11.1. The summed E-state index contributed by atoms with van der Waals surface area (Å²) in [6, 6.07) is 15.5. The van der Waals surface area contributed by atoms with Crippen molar-refractivity contribution >= 4 is 5.91 Å². The predicted octanol–water partition coefficient (Wildman–Crippen LogP) is 3.27. The Morgan fingerprint density at radius 1 is 0.913 bits per heavy atom. The van der Waals surface area contributed by atoms with E-state index in [1.54, 1.807) is 0 Å². The van der Waals surface area contributed by atoms with E-state index >= 15 is 0 Å². The summed E-state index contributed by atoms with van der Waals surface area (Å²) in [5, 5.41) is 2.82. The topological polar surface area (TPSA) is 47.6 Å². The van der Waals surface area contributed by atoms with E-state index in [0.29, 0.717) is 26.2 Å². The molecule has 0 fully saturated rings. The summed E-state index contributed by atoms with van der Waals surface area (Å²) in [6.45, 7) is 5.42. The Kier molecular flexibility index (Phi) is 6.48. The van der Waals surface area contributed by atoms with Crippen molar-refractivity contribution in [2.45, 2.75) is 20.3 Å². The molecular weight excluding hydrogens is 290 g/mol. The second-order valence-electron chi connectivity index (χ2n) is 5.36. The molecule has 0 aliphatic rings. The lowest BCUT2D eigenvalue weighted by atomic mass is 10.1. The minimum atomic E-state index is -0.0374. The molecule has 1 N–H and O–H groups in total. The van der Waals surface area contributed by atoms with Crippen molar-refractivity contribution in [2.24, 2.45) is 0 Å². The molecule has 0 atom stereocenters. The maximum absolute atomic E-state index is 11.7. The van der Waals surface area contributed by atoms with E-state index < -0.39 is 0 Å². The van der Waals surface area contributed by atoms with E-state index in [4.69, 9.17) is 9.47 Å². The number of aryl methyl sites for hydroxylation is 2. The molecule has 1 amide bonds. The fraction of sp³-hybridized carbons (Fsp3) is 0.316. The van der Waals surface area contributed by atoms with Gasteiger partial charge in [-0.05, 0) is 49.2 Å². The molecule has 2 aromatic carbocycles. The lowest BCUT2D eigenvalue weighted by Crippen LogP contribution is -2.29. The van der Waals surface area contributed by atoms with Gasteiger partial charge in [0.1, 0.15) is 18.1 Å². The largest absolute Gasteiger partial charge is 0.493 e. The van der Waals surface area contributed by atoms with Crippen LogP contribution in [-0.2, 0) is 4.79 Å². The fourth-order valence-electron chi connectivity index (χ4n) is 2.03. The Bertz CT molecular complexity index is 626. The van der Waals surface area contributed by atoms with E-state index in [1.165, 1.54) is 11.1 Å². The summed E-state index contributed by atoms with van der Waals surface area (Å²) >= 11 is 0. The van der Waals surface area contributed by atoms with Crippen molar-refractivity contribution in [3.05, 3.63) is 59.7 Å². The number of benzene rings is 2. The van der Waals surface area contributed by atoms with Crippen LogP contribution in [0, 0.1) is 13.8 Å². The van der Waals surface area contributed by atoms with Gasteiger partial charge >= 0.3 is 0 Å². The minimum absolute atomic E-state index is 0.0374. The zero-order valence-corrected chi connectivity index (χ0v) is 13.7. The lowest BCUT2D eigenvalue weighted by Gasteiger charge is -2.10. The van der Waals surface area contributed by atoms with Crippen molar-refractivity contribution in [1.82, 2.24) is 5.32 Å². The molecule has 0 unspecified atom stereocenters. The SMILES string of the molecule is Cc1ccc(OCCNC(=O)CCOc2ccccc2)cc1C. The first kappa shape index (κ1) is 16.9. The van der Waals surface area contributed by atoms with Crippen LogP contribution in [0.4, 0.5) is 0 Å². The van der Waals surface area contributed by atoms with E-state index in [9.17, 15) is 4.79 Å². The number of hydrogen-bond acceptors (Lipinski definition) is 3. The first-order valence-corrected chi connectivity index (χ1v) is 7.80. The summed E-state index contributed by atoms with van der Waals surface area (Å²) in [5.41, 5.74) is 2.44. The monoisotopic (exact) mass is 313 g/mol. The molecule has 4 heteroatoms. The second kappa shape index (κ2) is 8.83. The van der Waals surface area contributed by atoms with E-state index in [-0.39, 0.29) is 5.91 Å². The van der Waals surface area contributed by atoms with Crippen molar-refractivity contribution in [1.29, 1.82) is 0 Å². The molecule has 4 nitrogen and oxygen atoms in total. The first-order valence-electron chi connectivity index (χ1n) is 7.80. The van der Waals surface area contributed by atoms with Crippen LogP contribution in [0.2, 0.25) is 0 Å². The van der Waals surface area contributed by atoms with Gasteiger partial charge in [0.15, 0.2) is 0 Å². The smallest absolute Gasteiger partial charge is 0.223 e. The van der Waals surface area contributed by atoms with Crippen LogP contribution in [0.3, 0.4) is 0 Å². The van der Waals surface area contributed by atoms with Crippen LogP contribution in [-0.4, -0.2) is 25.7 Å². The molecule has 0 radical (unpaired) electrons. The Hall–Kier alpha value is -2.49. The average Bonchev–Trinajstić information content (AvgIpc) is 2.56. The summed E-state index contributed by atoms with van der Waals surface area (Å²) in [5.74, 6) is 1.57. The van der Waals surface area contributed by atoms with E-state index in [0.717, 1.165) is 11.5 Å². The van der Waals surface area contributed by atoms with Crippen molar-refractivity contribution in [2.75, 3.05) is 19.8 Å². The molecule has 0 aliphatic heterocycles. The molecule has 0 heterocycles. The maximum Gasteiger partial charge on any atom is 0.223 e. The van der Waals surface area contributed by atoms with Crippen LogP contribution in [0.5, 0.6) is 11.5 Å². The van der Waals surface area contributed by atoms with E-state index in [1.807, 2.05) is 48.5 Å². The zero-order chi connectivity index (χ0) is 16.5. The molecule has 0 aromatic heterocycles. The number of ether oxygens (including phenoxy) is 2. The summed E-state index contributed by atoms with van der Waals surface area (Å²) in [7, 11) is 0. The normalized spacial score (nSPS) is 10.2. The third kappa shape index (κ3) is 6.02. The molecule has 23 heavy (non-hydrogen) atoms. The van der Waals surface area contributed by atoms with Gasteiger partial charge in [0, 0.05) is 0 Å². The summed E-state index contributed by atoms with van der Waals surface area (Å²) in [4.78, 5) is 11.7. The van der Waals surface area contributed by atoms with Crippen molar-refractivity contribution in [3.63, 3.8) is 0 Å². The number of hydrogen-bond donors (Lipinski definition) is 1. The molecule has 122 valence electrons. The highest BCUT2D eigenvalue weighted by Crippen LogP contribution is 2.16. The maximum atomic E-state index is 11.7. The van der Waals surface area contributed by atoms with Gasteiger partial charge in [-0.3, -0.25) is 4.79 Å². The summed E-state index contributed by atoms with van der Waals surface area (Å²) in [6.07, 6.45) is 0.332. The van der Waals surface area contributed by atoms with Gasteiger partial charge in [0.2, 0.25) is 5.91 Å². The highest BCUT2D eigenvalue weighted by molar-refractivity contribution is 5.75. The average molecular weight is 313 g/mol. The van der Waals surface area contributed by atoms with Gasteiger partial charge in [-0.2, -0.15) is 0 Å². The number of amides is 1. The van der Waals surface area contributed by atoms with Gasteiger partial charge < -0.3 is 14.8 Å². The summed E-state index contributed by atoms with van der Waals surface area (Å²) < 4.78 is 11.1. The number of para-hydroxylation sites is 1. The van der Waals surface area contributed by atoms with Crippen molar-refractivity contribution < 1.29 is 14.3 Å². The lowest BCUT2D eigenvalue weighted by molar-refractivity contribution is -0.121. The molecule has 2 aromatic rings. The van der Waals surface area contributed by atoms with Crippen LogP contribution in [0.1, 0.15) is 17.5 Å². The van der Waals surface area contributed by atoms with E-state index in [2.05, 4.69) is 19.2 Å². The molecule has 0 spiro atoms. The van der Waals surface area contributed by atoms with Crippen LogP contribution in [0.15, 0.2) is 48.5 Å². The quantitative estimate of drug-likeness (QED) is 0.761. The van der Waals surface area contributed by atoms with Crippen LogP contribution in [0.25, 0.3) is 0 Å². The molecule has 0 aliphatic carbocycles. The van der Waals surface area contributed by atoms with Crippen molar-refractivity contribution in [3.8, 4) is 11.5 Å². The molecule has 0 saturated heterocycles. The second-order valence-corrected chi connectivity index (χ2v) is 5.36. The van der Waals surface area contributed by atoms with Gasteiger partial charge in [-0.15, -0.1) is 0 Å². The minimum Gasteiger partial charge on any atom is -0.493 e. The Labute approximate surface area is 137 Å². The third-order valence-electron chi connectivity index (χ3n) is 3.51. The number of carbonyl (C=O) groups is 1. The fourth-order valence-corrected chi connectivity index (χ4v) is 2.03. The molecular formula is C19H23NO3. The highest BCUT2D eigenvalue weighted by Gasteiger charge is 2.02. The Morgan fingerprint density at radius 3 is 2.39 bits per heavy atom. The third-order valence-corrected chi connectivity index (χ3v) is 3.51. The molecule has 0 saturated carbocycles. The number of carbonyl (C=O) groups excluding carboxylic acids is 1. The van der Waals surface area contributed by atoms with Gasteiger partial charge in [-0.1, -0.05) is 24.3 Å². The highest BCUT2D eigenvalue weighted by atomic mass is 16.5. The Balaban J connectivity index is 1.58. The number of nitrogens with one attached hydrogen (secondary N) is 1. The zero-order valence-electron chi connectivity index (χ0n) is 13.7. The standard InChI is InChI=1S/C19H23NO3/c1-15-8-9-18(14-16(15)2)23-13-11-20-19(21)10-12-22-17-6-4-3-5-7-17/h3-9,14H,10-13H2,1-2H3,(H,20,21). The van der Waals surface area contributed by atoms with Gasteiger partial charge in [-0.25, -0.2) is 0 Å². The number of rotatable bonds is 8. The van der Waals surface area contributed by atoms with Crippen LogP contribution < -0.4 is 14.8 Å². The molecule has 0 bridgehead atoms. The van der Waals surface area contributed by atoms with Gasteiger partial charge in [0.05, 0.1) is 19.6 Å². The van der Waals surface area contributed by atoms with Gasteiger partial charge in [0.25, 0.3) is 0 Å². The molecule has 2 rings (SSSR count). The Morgan fingerprint density at radius 2 is 1.65 bits per heavy atom. The predicted molar refractivity (Wildman–Crippen MR) is 91.0 cm³/mol. The van der Waals surface area contributed by atoms with Crippen LogP contribution >= 0.6 is 0 Å².